The molecule has 20 heavy (non-hydrogen) atoms. The topological polar surface area (TPSA) is 53.7 Å². The first-order chi connectivity index (χ1) is 9.21. The maximum Gasteiger partial charge on any atom is 0.131 e. The van der Waals surface area contributed by atoms with E-state index in [1.54, 1.807) is 21.3 Å². The number of methoxy groups -OCH3 is 3. The van der Waals surface area contributed by atoms with Crippen LogP contribution in [0.25, 0.3) is 0 Å². The first kappa shape index (κ1) is 16.9. The Bertz CT molecular complexity index is 408. The lowest BCUT2D eigenvalue weighted by atomic mass is 9.91. The highest BCUT2D eigenvalue weighted by molar-refractivity contribution is 5.85. The Morgan fingerprint density at radius 1 is 1.00 bits per heavy atom. The third kappa shape index (κ3) is 3.30. The second kappa shape index (κ2) is 7.60. The smallest absolute Gasteiger partial charge is 0.131 e. The fraction of sp³-hybridized carbons (Fsp3) is 0.600. The molecule has 0 spiro atoms. The maximum absolute atomic E-state index is 6.44. The van der Waals surface area contributed by atoms with Gasteiger partial charge in [0.1, 0.15) is 17.2 Å². The fourth-order valence-electron chi connectivity index (χ4n) is 2.91. The Labute approximate surface area is 127 Å². The molecule has 1 atom stereocenters. The number of benzene rings is 1. The van der Waals surface area contributed by atoms with Crippen LogP contribution in [0.3, 0.4) is 0 Å². The summed E-state index contributed by atoms with van der Waals surface area (Å²) in [6.07, 6.45) is 4.89. The molecule has 0 bridgehead atoms. The van der Waals surface area contributed by atoms with Crippen molar-refractivity contribution in [1.29, 1.82) is 0 Å². The van der Waals surface area contributed by atoms with Crippen molar-refractivity contribution in [3.63, 3.8) is 0 Å². The molecule has 2 rings (SSSR count). The van der Waals surface area contributed by atoms with Crippen LogP contribution < -0.4 is 19.9 Å². The molecule has 1 aliphatic rings. The van der Waals surface area contributed by atoms with E-state index < -0.39 is 0 Å². The summed E-state index contributed by atoms with van der Waals surface area (Å²) in [6.45, 7) is 0. The molecule has 0 aliphatic heterocycles. The fourth-order valence-corrected chi connectivity index (χ4v) is 2.91. The quantitative estimate of drug-likeness (QED) is 0.906. The monoisotopic (exact) mass is 301 g/mol. The Hall–Kier alpha value is -1.13. The van der Waals surface area contributed by atoms with Crippen molar-refractivity contribution in [2.24, 2.45) is 11.7 Å². The lowest BCUT2D eigenvalue weighted by Crippen LogP contribution is -2.20. The minimum absolute atomic E-state index is 0. The van der Waals surface area contributed by atoms with E-state index in [-0.39, 0.29) is 18.4 Å². The average molecular weight is 302 g/mol. The Balaban J connectivity index is 0.00000200. The largest absolute Gasteiger partial charge is 0.496 e. The van der Waals surface area contributed by atoms with Crippen molar-refractivity contribution in [2.75, 3.05) is 21.3 Å². The van der Waals surface area contributed by atoms with E-state index in [1.807, 2.05) is 12.1 Å². The van der Waals surface area contributed by atoms with E-state index in [0.717, 1.165) is 22.8 Å². The third-order valence-electron chi connectivity index (χ3n) is 3.99. The van der Waals surface area contributed by atoms with Crippen LogP contribution in [0.1, 0.15) is 37.3 Å². The van der Waals surface area contributed by atoms with Gasteiger partial charge in [-0.15, -0.1) is 12.4 Å². The summed E-state index contributed by atoms with van der Waals surface area (Å²) in [6, 6.07) is 3.69. The maximum atomic E-state index is 6.44. The molecule has 5 heteroatoms. The lowest BCUT2D eigenvalue weighted by Gasteiger charge is -2.24. The van der Waals surface area contributed by atoms with E-state index in [1.165, 1.54) is 25.7 Å². The number of hydrogen-bond donors (Lipinski definition) is 1. The molecule has 1 saturated carbocycles. The zero-order chi connectivity index (χ0) is 13.8. The lowest BCUT2D eigenvalue weighted by molar-refractivity contribution is 0.348. The first-order valence-electron chi connectivity index (χ1n) is 6.76. The van der Waals surface area contributed by atoms with Crippen LogP contribution in [0.5, 0.6) is 17.2 Å². The van der Waals surface area contributed by atoms with Crippen molar-refractivity contribution in [1.82, 2.24) is 0 Å². The van der Waals surface area contributed by atoms with Crippen LogP contribution in [-0.2, 0) is 0 Å². The molecule has 0 radical (unpaired) electrons. The number of halogens is 1. The summed E-state index contributed by atoms with van der Waals surface area (Å²) in [5, 5.41) is 0. The van der Waals surface area contributed by atoms with Gasteiger partial charge in [-0.2, -0.15) is 0 Å². The number of ether oxygens (including phenoxy) is 3. The van der Waals surface area contributed by atoms with Gasteiger partial charge in [-0.25, -0.2) is 0 Å². The van der Waals surface area contributed by atoms with Crippen molar-refractivity contribution < 1.29 is 14.2 Å². The molecule has 0 saturated heterocycles. The summed E-state index contributed by atoms with van der Waals surface area (Å²) in [7, 11) is 4.93. The molecule has 1 aromatic carbocycles. The highest BCUT2D eigenvalue weighted by Crippen LogP contribution is 2.43. The number of rotatable bonds is 5. The van der Waals surface area contributed by atoms with Gasteiger partial charge < -0.3 is 19.9 Å². The highest BCUT2D eigenvalue weighted by Gasteiger charge is 2.28. The molecule has 0 heterocycles. The average Bonchev–Trinajstić information content (AvgIpc) is 2.99. The van der Waals surface area contributed by atoms with Gasteiger partial charge in [0, 0.05) is 18.2 Å². The van der Waals surface area contributed by atoms with Crippen LogP contribution in [-0.4, -0.2) is 21.3 Å². The molecule has 4 nitrogen and oxygen atoms in total. The third-order valence-corrected chi connectivity index (χ3v) is 3.99. The van der Waals surface area contributed by atoms with Gasteiger partial charge in [0.25, 0.3) is 0 Å². The normalized spacial score (nSPS) is 16.4. The van der Waals surface area contributed by atoms with E-state index in [4.69, 9.17) is 19.9 Å². The van der Waals surface area contributed by atoms with Crippen molar-refractivity contribution >= 4 is 12.4 Å². The van der Waals surface area contributed by atoms with Gasteiger partial charge in [0.05, 0.1) is 26.9 Å². The molecule has 1 aliphatic carbocycles. The van der Waals surface area contributed by atoms with Gasteiger partial charge in [-0.1, -0.05) is 12.8 Å². The predicted molar refractivity (Wildman–Crippen MR) is 82.2 cm³/mol. The minimum Gasteiger partial charge on any atom is -0.496 e. The van der Waals surface area contributed by atoms with Gasteiger partial charge in [-0.3, -0.25) is 0 Å². The summed E-state index contributed by atoms with van der Waals surface area (Å²) in [5.41, 5.74) is 7.40. The second-order valence-corrected chi connectivity index (χ2v) is 5.02. The first-order valence-corrected chi connectivity index (χ1v) is 6.76. The molecule has 1 fully saturated rings. The molecule has 114 valence electrons. The number of hydrogen-bond acceptors (Lipinski definition) is 4. The molecule has 0 amide bonds. The van der Waals surface area contributed by atoms with Crippen LogP contribution in [0.2, 0.25) is 0 Å². The van der Waals surface area contributed by atoms with Gasteiger partial charge >= 0.3 is 0 Å². The summed E-state index contributed by atoms with van der Waals surface area (Å²) >= 11 is 0. The summed E-state index contributed by atoms with van der Waals surface area (Å²) in [5.74, 6) is 2.72. The minimum atomic E-state index is -0.0432. The molecule has 2 N–H and O–H groups in total. The van der Waals surface area contributed by atoms with Crippen molar-refractivity contribution in [3.8, 4) is 17.2 Å². The van der Waals surface area contributed by atoms with Gasteiger partial charge in [0.15, 0.2) is 0 Å². The molecular formula is C15H24ClNO3. The number of nitrogens with two attached hydrogens (primary N) is 1. The van der Waals surface area contributed by atoms with Crippen LogP contribution in [0.15, 0.2) is 12.1 Å². The molecule has 1 aromatic rings. The Morgan fingerprint density at radius 3 is 1.90 bits per heavy atom. The standard InChI is InChI=1S/C15H23NO3.ClH/c1-17-11-8-12(18-2)14(13(9-11)19-3)15(16)10-6-4-5-7-10;/h8-10,15H,4-7,16H2,1-3H3;1H/t15-;/m0./s1. The summed E-state index contributed by atoms with van der Waals surface area (Å²) in [4.78, 5) is 0. The van der Waals surface area contributed by atoms with E-state index in [0.29, 0.717) is 5.92 Å². The van der Waals surface area contributed by atoms with Gasteiger partial charge in [0.2, 0.25) is 0 Å². The van der Waals surface area contributed by atoms with Crippen LogP contribution >= 0.6 is 12.4 Å². The van der Waals surface area contributed by atoms with Crippen LogP contribution in [0, 0.1) is 5.92 Å². The van der Waals surface area contributed by atoms with Crippen molar-refractivity contribution in [2.45, 2.75) is 31.7 Å². The summed E-state index contributed by atoms with van der Waals surface area (Å²) < 4.78 is 16.2. The Morgan fingerprint density at radius 2 is 1.50 bits per heavy atom. The molecule has 0 aromatic heterocycles. The highest BCUT2D eigenvalue weighted by atomic mass is 35.5. The van der Waals surface area contributed by atoms with E-state index in [9.17, 15) is 0 Å². The second-order valence-electron chi connectivity index (χ2n) is 5.02. The zero-order valence-corrected chi connectivity index (χ0v) is 13.2. The zero-order valence-electron chi connectivity index (χ0n) is 12.3. The Kier molecular flexibility index (Phi) is 6.43. The van der Waals surface area contributed by atoms with Crippen molar-refractivity contribution in [3.05, 3.63) is 17.7 Å². The van der Waals surface area contributed by atoms with E-state index >= 15 is 0 Å². The molecular weight excluding hydrogens is 278 g/mol. The van der Waals surface area contributed by atoms with E-state index in [2.05, 4.69) is 0 Å². The molecule has 0 unspecified atom stereocenters. The predicted octanol–water partition coefficient (Wildman–Crippen LogP) is 3.32. The van der Waals surface area contributed by atoms with Gasteiger partial charge in [-0.05, 0) is 18.8 Å². The SMILES string of the molecule is COc1cc(OC)c([C@@H](N)C2CCCC2)c(OC)c1.Cl. The van der Waals surface area contributed by atoms with Crippen LogP contribution in [0.4, 0.5) is 0 Å².